The van der Waals surface area contributed by atoms with Gasteiger partial charge in [0.25, 0.3) is 0 Å². The van der Waals surface area contributed by atoms with Crippen molar-refractivity contribution >= 4 is 16.1 Å². The van der Waals surface area contributed by atoms with Gasteiger partial charge >= 0.3 is 0 Å². The molecule has 0 unspecified atom stereocenters. The second-order valence-corrected chi connectivity index (χ2v) is 19.3. The molecule has 0 amide bonds. The molecule has 0 aliphatic heterocycles. The highest BCUT2D eigenvalue weighted by Gasteiger charge is 2.08. The van der Waals surface area contributed by atoms with Gasteiger partial charge in [-0.05, 0) is 12.8 Å². The molecule has 0 aliphatic rings. The van der Waals surface area contributed by atoms with Crippen LogP contribution >= 0.6 is 0 Å². The quantitative estimate of drug-likeness (QED) is 0.286. The van der Waals surface area contributed by atoms with Crippen molar-refractivity contribution in [3.8, 4) is 46.6 Å². The maximum Gasteiger partial charge on any atom is 0.175 e. The molecule has 0 bridgehead atoms. The van der Waals surface area contributed by atoms with Crippen molar-refractivity contribution in [2.75, 3.05) is 0 Å². The standard InChI is InChI=1S/C26H42O2Si2/c1-29(2,3)23-21-25(27)19-17-15-13-11-9-7-8-10-12-14-16-18-20-26(28)22-24-30(4,5)6/h25-28H,7-16H2,1-6H3/t25-,26-/m1/s1. The molecule has 2 nitrogen and oxygen atoms in total. The smallest absolute Gasteiger partial charge is 0.175 e. The van der Waals surface area contributed by atoms with E-state index in [1.54, 1.807) is 0 Å². The van der Waals surface area contributed by atoms with E-state index in [-0.39, 0.29) is 0 Å². The van der Waals surface area contributed by atoms with Crippen molar-refractivity contribution in [3.05, 3.63) is 0 Å². The lowest BCUT2D eigenvalue weighted by atomic mass is 10.1. The summed E-state index contributed by atoms with van der Waals surface area (Å²) < 4.78 is 0. The number of aliphatic hydroxyl groups is 2. The largest absolute Gasteiger partial charge is 0.369 e. The molecular formula is C26H42O2Si2. The topological polar surface area (TPSA) is 40.5 Å². The van der Waals surface area contributed by atoms with Crippen molar-refractivity contribution in [3.63, 3.8) is 0 Å². The number of aliphatic hydroxyl groups excluding tert-OH is 2. The van der Waals surface area contributed by atoms with E-state index < -0.39 is 28.4 Å². The van der Waals surface area contributed by atoms with Crippen molar-refractivity contribution in [1.82, 2.24) is 0 Å². The van der Waals surface area contributed by atoms with Crippen molar-refractivity contribution in [2.45, 2.75) is 116 Å². The Morgan fingerprint density at radius 3 is 1.10 bits per heavy atom. The Morgan fingerprint density at radius 1 is 0.500 bits per heavy atom. The molecule has 2 N–H and O–H groups in total. The summed E-state index contributed by atoms with van der Waals surface area (Å²) >= 11 is 0. The summed E-state index contributed by atoms with van der Waals surface area (Å²) in [5, 5.41) is 19.4. The molecule has 2 atom stereocenters. The molecule has 0 radical (unpaired) electrons. The summed E-state index contributed by atoms with van der Waals surface area (Å²) in [6.07, 6.45) is 9.76. The Balaban J connectivity index is 3.62. The van der Waals surface area contributed by atoms with Crippen LogP contribution in [-0.4, -0.2) is 38.6 Å². The van der Waals surface area contributed by atoms with Gasteiger partial charge in [0.2, 0.25) is 0 Å². The molecule has 0 fully saturated rings. The SMILES string of the molecule is C[Si](C)(C)C#C[C@H](O)C#CCCCCCCCCCCC#C[C@@H](O)C#C[Si](C)(C)C. The molecule has 0 aromatic heterocycles. The van der Waals surface area contributed by atoms with Gasteiger partial charge in [0, 0.05) is 12.8 Å². The molecule has 0 heterocycles. The first-order valence-corrected chi connectivity index (χ1v) is 18.4. The first kappa shape index (κ1) is 28.6. The highest BCUT2D eigenvalue weighted by atomic mass is 28.3. The van der Waals surface area contributed by atoms with Gasteiger partial charge in [-0.2, -0.15) is 0 Å². The first-order chi connectivity index (χ1) is 14.0. The van der Waals surface area contributed by atoms with Crippen LogP contribution in [0.15, 0.2) is 0 Å². The first-order valence-electron chi connectivity index (χ1n) is 11.4. The van der Waals surface area contributed by atoms with E-state index in [4.69, 9.17) is 0 Å². The van der Waals surface area contributed by atoms with Crippen LogP contribution < -0.4 is 0 Å². The summed E-state index contributed by atoms with van der Waals surface area (Å²) in [6.45, 7) is 13.0. The van der Waals surface area contributed by atoms with Crippen LogP contribution in [0.2, 0.25) is 39.3 Å². The second kappa shape index (κ2) is 16.3. The summed E-state index contributed by atoms with van der Waals surface area (Å²) in [6, 6.07) is 0. The van der Waals surface area contributed by atoms with Crippen LogP contribution in [0.1, 0.15) is 64.2 Å². The summed E-state index contributed by atoms with van der Waals surface area (Å²) in [5.74, 6) is 17.5. The highest BCUT2D eigenvalue weighted by molar-refractivity contribution is 6.84. The third-order valence-corrected chi connectivity index (χ3v) is 5.79. The molecule has 0 aromatic carbocycles. The van der Waals surface area contributed by atoms with E-state index in [0.29, 0.717) is 0 Å². The van der Waals surface area contributed by atoms with Crippen LogP contribution in [0, 0.1) is 46.6 Å². The number of hydrogen-bond acceptors (Lipinski definition) is 2. The Hall–Kier alpha value is -1.41. The van der Waals surface area contributed by atoms with Crippen LogP contribution in [0.4, 0.5) is 0 Å². The molecule has 166 valence electrons. The second-order valence-electron chi connectivity index (χ2n) is 9.81. The van der Waals surface area contributed by atoms with Crippen molar-refractivity contribution in [1.29, 1.82) is 0 Å². The Kier molecular flexibility index (Phi) is 15.5. The zero-order valence-corrected chi connectivity index (χ0v) is 22.1. The zero-order chi connectivity index (χ0) is 22.9. The monoisotopic (exact) mass is 442 g/mol. The van der Waals surface area contributed by atoms with Crippen molar-refractivity contribution in [2.24, 2.45) is 0 Å². The predicted molar refractivity (Wildman–Crippen MR) is 136 cm³/mol. The summed E-state index contributed by atoms with van der Waals surface area (Å²) in [5.41, 5.74) is 6.29. The van der Waals surface area contributed by atoms with E-state index in [0.717, 1.165) is 25.7 Å². The molecule has 0 saturated heterocycles. The fourth-order valence-electron chi connectivity index (χ4n) is 2.47. The van der Waals surface area contributed by atoms with Gasteiger partial charge in [-0.1, -0.05) is 113 Å². The molecule has 0 spiro atoms. The number of unbranched alkanes of at least 4 members (excludes halogenated alkanes) is 9. The van der Waals surface area contributed by atoms with E-state index >= 15 is 0 Å². The molecule has 30 heavy (non-hydrogen) atoms. The summed E-state index contributed by atoms with van der Waals surface area (Å²) in [7, 11) is -2.86. The van der Waals surface area contributed by atoms with E-state index in [9.17, 15) is 10.2 Å². The molecule has 0 aliphatic carbocycles. The molecule has 0 rings (SSSR count). The minimum Gasteiger partial charge on any atom is -0.369 e. The van der Waals surface area contributed by atoms with Gasteiger partial charge in [0.1, 0.15) is 16.1 Å². The zero-order valence-electron chi connectivity index (χ0n) is 20.1. The van der Waals surface area contributed by atoms with Crippen LogP contribution in [0.3, 0.4) is 0 Å². The Morgan fingerprint density at radius 2 is 0.800 bits per heavy atom. The lowest BCUT2D eigenvalue weighted by molar-refractivity contribution is 0.289. The van der Waals surface area contributed by atoms with Gasteiger partial charge < -0.3 is 10.2 Å². The van der Waals surface area contributed by atoms with Crippen molar-refractivity contribution < 1.29 is 10.2 Å². The van der Waals surface area contributed by atoms with E-state index in [2.05, 4.69) is 85.9 Å². The van der Waals surface area contributed by atoms with Gasteiger partial charge in [-0.3, -0.25) is 0 Å². The molecular weight excluding hydrogens is 400 g/mol. The van der Waals surface area contributed by atoms with E-state index in [1.807, 2.05) is 0 Å². The van der Waals surface area contributed by atoms with Crippen LogP contribution in [-0.2, 0) is 0 Å². The number of rotatable bonds is 9. The maximum atomic E-state index is 9.72. The minimum absolute atomic E-state index is 0.789. The van der Waals surface area contributed by atoms with Gasteiger partial charge in [0.05, 0.1) is 0 Å². The van der Waals surface area contributed by atoms with Crippen LogP contribution in [0.5, 0.6) is 0 Å². The molecule has 0 aromatic rings. The number of hydrogen-bond donors (Lipinski definition) is 2. The van der Waals surface area contributed by atoms with Gasteiger partial charge in [0.15, 0.2) is 12.2 Å². The average Bonchev–Trinajstić information content (AvgIpc) is 2.63. The van der Waals surface area contributed by atoms with E-state index in [1.165, 1.54) is 38.5 Å². The molecule has 4 heteroatoms. The third-order valence-electron chi connectivity index (χ3n) is 4.00. The molecule has 0 saturated carbocycles. The fourth-order valence-corrected chi connectivity index (χ4v) is 3.61. The van der Waals surface area contributed by atoms with Crippen LogP contribution in [0.25, 0.3) is 0 Å². The normalized spacial score (nSPS) is 12.7. The summed E-state index contributed by atoms with van der Waals surface area (Å²) in [4.78, 5) is 0. The third kappa shape index (κ3) is 22.9. The lowest BCUT2D eigenvalue weighted by Gasteiger charge is -2.03. The fraction of sp³-hybridized carbons (Fsp3) is 0.692. The minimum atomic E-state index is -1.43. The van der Waals surface area contributed by atoms with Gasteiger partial charge in [-0.25, -0.2) is 0 Å². The highest BCUT2D eigenvalue weighted by Crippen LogP contribution is 2.10. The Labute approximate surface area is 188 Å². The predicted octanol–water partition coefficient (Wildman–Crippen LogP) is 5.38. The van der Waals surface area contributed by atoms with Gasteiger partial charge in [-0.15, -0.1) is 11.1 Å². The maximum absolute atomic E-state index is 9.72. The lowest BCUT2D eigenvalue weighted by Crippen LogP contribution is -2.17. The Bertz CT molecular complexity index is 649. The average molecular weight is 443 g/mol.